The van der Waals surface area contributed by atoms with E-state index in [0.29, 0.717) is 6.42 Å². The molecule has 0 N–H and O–H groups in total. The summed E-state index contributed by atoms with van der Waals surface area (Å²) >= 11 is 0. The number of nitrogens with zero attached hydrogens (tertiary/aromatic N) is 1. The smallest absolute Gasteiger partial charge is 0.0663 e. The maximum absolute atomic E-state index is 8.26. The van der Waals surface area contributed by atoms with Gasteiger partial charge in [0.25, 0.3) is 0 Å². The van der Waals surface area contributed by atoms with E-state index < -0.39 is 0 Å². The lowest BCUT2D eigenvalue weighted by atomic mass is 10.2. The van der Waals surface area contributed by atoms with Crippen molar-refractivity contribution >= 4 is 0 Å². The summed E-state index contributed by atoms with van der Waals surface area (Å²) in [6, 6.07) is 2.07. The van der Waals surface area contributed by atoms with E-state index in [1.807, 2.05) is 12.2 Å². The monoisotopic (exact) mass is 189 g/mol. The predicted molar refractivity (Wildman–Crippen MR) is 61.8 cm³/mol. The molecule has 0 aromatic rings. The van der Waals surface area contributed by atoms with Gasteiger partial charge in [0.2, 0.25) is 0 Å². The largest absolute Gasteiger partial charge is 0.198 e. The minimum atomic E-state index is 0.514. The standard InChI is InChI=1S/C13H19N/c1-2-3-4-5-6-7-8-9-10-11-12-13-14/h5-8,10-11H,2-4,9,12H2,1H3/b6-5+,8-7+,11-10+. The Balaban J connectivity index is 3.35. The van der Waals surface area contributed by atoms with Crippen LogP contribution in [0.15, 0.2) is 36.5 Å². The average Bonchev–Trinajstić information content (AvgIpc) is 2.21. The molecule has 0 aromatic heterocycles. The van der Waals surface area contributed by atoms with Crippen LogP contribution in [0.2, 0.25) is 0 Å². The predicted octanol–water partition coefficient (Wildman–Crippen LogP) is 4.15. The van der Waals surface area contributed by atoms with Crippen molar-refractivity contribution < 1.29 is 0 Å². The van der Waals surface area contributed by atoms with Gasteiger partial charge in [0.15, 0.2) is 0 Å². The van der Waals surface area contributed by atoms with Crippen LogP contribution >= 0.6 is 0 Å². The van der Waals surface area contributed by atoms with Crippen molar-refractivity contribution in [3.05, 3.63) is 36.5 Å². The van der Waals surface area contributed by atoms with Crippen molar-refractivity contribution in [1.82, 2.24) is 0 Å². The van der Waals surface area contributed by atoms with E-state index >= 15 is 0 Å². The summed E-state index contributed by atoms with van der Waals surface area (Å²) in [7, 11) is 0. The molecule has 0 aliphatic carbocycles. The highest BCUT2D eigenvalue weighted by Crippen LogP contribution is 1.95. The summed E-state index contributed by atoms with van der Waals surface area (Å²) in [5, 5.41) is 8.26. The molecule has 1 heteroatoms. The second-order valence-electron chi connectivity index (χ2n) is 3.07. The maximum atomic E-state index is 8.26. The first kappa shape index (κ1) is 12.7. The second-order valence-corrected chi connectivity index (χ2v) is 3.07. The molecule has 0 saturated heterocycles. The van der Waals surface area contributed by atoms with E-state index in [-0.39, 0.29) is 0 Å². The number of nitriles is 1. The lowest BCUT2D eigenvalue weighted by Crippen LogP contribution is -1.65. The molecule has 0 amide bonds. The number of hydrogen-bond acceptors (Lipinski definition) is 1. The fourth-order valence-electron chi connectivity index (χ4n) is 0.965. The van der Waals surface area contributed by atoms with E-state index in [0.717, 1.165) is 6.42 Å². The van der Waals surface area contributed by atoms with Gasteiger partial charge in [0.05, 0.1) is 12.5 Å². The molecule has 0 spiro atoms. The Bertz CT molecular complexity index is 228. The van der Waals surface area contributed by atoms with Crippen LogP contribution in [-0.2, 0) is 0 Å². The van der Waals surface area contributed by atoms with Crippen molar-refractivity contribution in [3.8, 4) is 6.07 Å². The van der Waals surface area contributed by atoms with E-state index in [9.17, 15) is 0 Å². The first-order chi connectivity index (χ1) is 6.91. The molecule has 0 atom stereocenters. The summed E-state index contributed by atoms with van der Waals surface area (Å²) in [5.74, 6) is 0. The van der Waals surface area contributed by atoms with Crippen LogP contribution in [0.5, 0.6) is 0 Å². The molecule has 14 heavy (non-hydrogen) atoms. The first-order valence-electron chi connectivity index (χ1n) is 5.25. The van der Waals surface area contributed by atoms with Gasteiger partial charge in [-0.1, -0.05) is 56.2 Å². The Morgan fingerprint density at radius 1 is 1.07 bits per heavy atom. The minimum absolute atomic E-state index is 0.514. The third kappa shape index (κ3) is 10.7. The van der Waals surface area contributed by atoms with Crippen molar-refractivity contribution in [2.45, 2.75) is 39.0 Å². The highest BCUT2D eigenvalue weighted by molar-refractivity contribution is 5.05. The average molecular weight is 189 g/mol. The molecule has 0 aliphatic heterocycles. The summed E-state index contributed by atoms with van der Waals surface area (Å²) in [4.78, 5) is 0. The summed E-state index contributed by atoms with van der Waals surface area (Å²) in [5.41, 5.74) is 0. The molecule has 0 saturated carbocycles. The van der Waals surface area contributed by atoms with Crippen LogP contribution in [0.3, 0.4) is 0 Å². The van der Waals surface area contributed by atoms with Crippen molar-refractivity contribution in [2.75, 3.05) is 0 Å². The molecule has 0 heterocycles. The van der Waals surface area contributed by atoms with Crippen LogP contribution in [0, 0.1) is 11.3 Å². The molecule has 0 rings (SSSR count). The van der Waals surface area contributed by atoms with Gasteiger partial charge in [-0.05, 0) is 12.8 Å². The Hall–Kier alpha value is -1.29. The zero-order valence-electron chi connectivity index (χ0n) is 8.95. The quantitative estimate of drug-likeness (QED) is 0.335. The van der Waals surface area contributed by atoms with E-state index in [2.05, 4.69) is 37.3 Å². The molecule has 0 unspecified atom stereocenters. The van der Waals surface area contributed by atoms with Gasteiger partial charge < -0.3 is 0 Å². The molecule has 0 aromatic carbocycles. The lowest BCUT2D eigenvalue weighted by Gasteiger charge is -1.85. The molecule has 1 nitrogen and oxygen atoms in total. The van der Waals surface area contributed by atoms with Gasteiger partial charge >= 0.3 is 0 Å². The molecular formula is C13H19N. The molecule has 0 bridgehead atoms. The Morgan fingerprint density at radius 3 is 2.57 bits per heavy atom. The zero-order chi connectivity index (χ0) is 10.5. The van der Waals surface area contributed by atoms with Crippen LogP contribution in [0.1, 0.15) is 39.0 Å². The summed E-state index contributed by atoms with van der Waals surface area (Å²) < 4.78 is 0. The van der Waals surface area contributed by atoms with Gasteiger partial charge in [-0.25, -0.2) is 0 Å². The fraction of sp³-hybridized carbons (Fsp3) is 0.462. The van der Waals surface area contributed by atoms with Gasteiger partial charge in [-0.3, -0.25) is 0 Å². The van der Waals surface area contributed by atoms with Gasteiger partial charge in [0, 0.05) is 0 Å². The number of hydrogen-bond donors (Lipinski definition) is 0. The van der Waals surface area contributed by atoms with E-state index in [1.54, 1.807) is 0 Å². The lowest BCUT2D eigenvalue weighted by molar-refractivity contribution is 0.815. The third-order valence-corrected chi connectivity index (χ3v) is 1.76. The Morgan fingerprint density at radius 2 is 1.86 bits per heavy atom. The highest BCUT2D eigenvalue weighted by Gasteiger charge is 1.75. The van der Waals surface area contributed by atoms with Gasteiger partial charge in [-0.15, -0.1) is 0 Å². The van der Waals surface area contributed by atoms with Crippen LogP contribution < -0.4 is 0 Å². The van der Waals surface area contributed by atoms with Crippen molar-refractivity contribution in [2.24, 2.45) is 0 Å². The summed E-state index contributed by atoms with van der Waals surface area (Å²) in [6.45, 7) is 2.20. The van der Waals surface area contributed by atoms with Crippen molar-refractivity contribution in [3.63, 3.8) is 0 Å². The van der Waals surface area contributed by atoms with Crippen LogP contribution in [0.25, 0.3) is 0 Å². The number of rotatable bonds is 7. The molecular weight excluding hydrogens is 170 g/mol. The SMILES string of the molecule is CCCC/C=C/C=C/C/C=C/CC#N. The second kappa shape index (κ2) is 11.7. The summed E-state index contributed by atoms with van der Waals surface area (Å²) in [6.07, 6.45) is 17.5. The highest BCUT2D eigenvalue weighted by atomic mass is 14.2. The molecule has 0 fully saturated rings. The van der Waals surface area contributed by atoms with E-state index in [1.165, 1.54) is 19.3 Å². The van der Waals surface area contributed by atoms with Crippen molar-refractivity contribution in [1.29, 1.82) is 5.26 Å². The van der Waals surface area contributed by atoms with Gasteiger partial charge in [0.1, 0.15) is 0 Å². The number of allylic oxidation sites excluding steroid dienone is 6. The Labute approximate surface area is 87.4 Å². The normalized spacial score (nSPS) is 11.7. The first-order valence-corrected chi connectivity index (χ1v) is 5.25. The molecule has 0 aliphatic rings. The molecule has 76 valence electrons. The minimum Gasteiger partial charge on any atom is -0.198 e. The number of unbranched alkanes of at least 4 members (excludes halogenated alkanes) is 2. The third-order valence-electron chi connectivity index (χ3n) is 1.76. The van der Waals surface area contributed by atoms with Crippen LogP contribution in [-0.4, -0.2) is 0 Å². The van der Waals surface area contributed by atoms with E-state index in [4.69, 9.17) is 5.26 Å². The fourth-order valence-corrected chi connectivity index (χ4v) is 0.965. The van der Waals surface area contributed by atoms with Crippen LogP contribution in [0.4, 0.5) is 0 Å². The zero-order valence-corrected chi connectivity index (χ0v) is 8.95. The van der Waals surface area contributed by atoms with Gasteiger partial charge in [-0.2, -0.15) is 5.26 Å². The maximum Gasteiger partial charge on any atom is 0.0663 e. The molecule has 0 radical (unpaired) electrons. The Kier molecular flexibility index (Phi) is 10.6. The topological polar surface area (TPSA) is 23.8 Å².